The molecule has 0 spiro atoms. The molecule has 63 valence electrons. The number of carbonyl (C=O) groups excluding carboxylic acids is 1. The predicted molar refractivity (Wildman–Crippen MR) is 40.8 cm³/mol. The van der Waals surface area contributed by atoms with E-state index in [9.17, 15) is 13.2 Å². The van der Waals surface area contributed by atoms with Crippen molar-refractivity contribution in [1.29, 1.82) is 0 Å². The molecule has 1 heterocycles. The van der Waals surface area contributed by atoms with Crippen molar-refractivity contribution in [2.45, 2.75) is 5.25 Å². The molecule has 0 saturated carbocycles. The van der Waals surface area contributed by atoms with Crippen molar-refractivity contribution in [3.8, 4) is 0 Å². The van der Waals surface area contributed by atoms with Gasteiger partial charge in [0.25, 0.3) is 0 Å². The molecule has 1 N–H and O–H groups in total. The third-order valence-electron chi connectivity index (χ3n) is 1.69. The standard InChI is InChI=1S/C6H10NO3S/c1-5(8)6-4-7-2-3-11(6,9)10/h6-7H,1-4H2. The van der Waals surface area contributed by atoms with Crippen LogP contribution in [0.1, 0.15) is 0 Å². The normalized spacial score (nSPS) is 29.7. The summed E-state index contributed by atoms with van der Waals surface area (Å²) in [6.07, 6.45) is 0. The number of hydrogen-bond acceptors (Lipinski definition) is 4. The molecule has 11 heavy (non-hydrogen) atoms. The van der Waals surface area contributed by atoms with Gasteiger partial charge >= 0.3 is 0 Å². The maximum atomic E-state index is 11.1. The van der Waals surface area contributed by atoms with Crippen molar-refractivity contribution in [2.24, 2.45) is 0 Å². The van der Waals surface area contributed by atoms with Gasteiger partial charge in [-0.1, -0.05) is 0 Å². The molecule has 1 radical (unpaired) electrons. The molecular formula is C6H10NO3S. The van der Waals surface area contributed by atoms with Crippen LogP contribution in [0.4, 0.5) is 0 Å². The first kappa shape index (κ1) is 8.67. The highest BCUT2D eigenvalue weighted by Crippen LogP contribution is 2.06. The van der Waals surface area contributed by atoms with Gasteiger partial charge in [-0.25, -0.2) is 8.42 Å². The molecule has 1 aliphatic rings. The van der Waals surface area contributed by atoms with Gasteiger partial charge in [0.15, 0.2) is 15.6 Å². The molecule has 0 aromatic heterocycles. The highest BCUT2D eigenvalue weighted by Gasteiger charge is 2.31. The number of rotatable bonds is 1. The second kappa shape index (κ2) is 2.91. The molecule has 0 aromatic carbocycles. The molecule has 1 unspecified atom stereocenters. The maximum Gasteiger partial charge on any atom is 0.162 e. The van der Waals surface area contributed by atoms with Crippen molar-refractivity contribution < 1.29 is 13.2 Å². The Hall–Kier alpha value is -0.420. The van der Waals surface area contributed by atoms with Gasteiger partial charge in [-0.05, 0) is 0 Å². The van der Waals surface area contributed by atoms with Crippen LogP contribution in [0.25, 0.3) is 0 Å². The lowest BCUT2D eigenvalue weighted by Gasteiger charge is -2.20. The minimum Gasteiger partial charge on any atom is -0.314 e. The van der Waals surface area contributed by atoms with Crippen molar-refractivity contribution in [3.63, 3.8) is 0 Å². The van der Waals surface area contributed by atoms with E-state index in [1.807, 2.05) is 0 Å². The molecule has 1 atom stereocenters. The molecule has 5 heteroatoms. The van der Waals surface area contributed by atoms with Crippen molar-refractivity contribution in [2.75, 3.05) is 18.8 Å². The Balaban J connectivity index is 2.85. The number of carbonyl (C=O) groups is 1. The molecular weight excluding hydrogens is 166 g/mol. The number of ketones is 1. The smallest absolute Gasteiger partial charge is 0.162 e. The second-order valence-corrected chi connectivity index (χ2v) is 4.83. The van der Waals surface area contributed by atoms with Gasteiger partial charge < -0.3 is 5.32 Å². The quantitative estimate of drug-likeness (QED) is 0.543. The van der Waals surface area contributed by atoms with E-state index in [-0.39, 0.29) is 12.3 Å². The highest BCUT2D eigenvalue weighted by molar-refractivity contribution is 7.92. The average molecular weight is 176 g/mol. The van der Waals surface area contributed by atoms with Gasteiger partial charge in [0.2, 0.25) is 0 Å². The van der Waals surface area contributed by atoms with E-state index in [2.05, 4.69) is 12.2 Å². The Bertz CT molecular complexity index is 257. The Kier molecular flexibility index (Phi) is 2.29. The molecule has 0 aliphatic carbocycles. The lowest BCUT2D eigenvalue weighted by Crippen LogP contribution is -2.47. The van der Waals surface area contributed by atoms with Crippen LogP contribution in [0, 0.1) is 6.92 Å². The van der Waals surface area contributed by atoms with Crippen molar-refractivity contribution >= 4 is 15.6 Å². The summed E-state index contributed by atoms with van der Waals surface area (Å²) in [6, 6.07) is 0. The van der Waals surface area contributed by atoms with Gasteiger partial charge in [-0.2, -0.15) is 0 Å². The zero-order chi connectivity index (χ0) is 8.48. The summed E-state index contributed by atoms with van der Waals surface area (Å²) in [5.41, 5.74) is 0. The van der Waals surface area contributed by atoms with Crippen LogP contribution in [0.15, 0.2) is 0 Å². The Morgan fingerprint density at radius 2 is 2.18 bits per heavy atom. The van der Waals surface area contributed by atoms with Crippen molar-refractivity contribution in [3.05, 3.63) is 6.92 Å². The second-order valence-electron chi connectivity index (χ2n) is 2.53. The van der Waals surface area contributed by atoms with Gasteiger partial charge in [0.05, 0.1) is 5.75 Å². The van der Waals surface area contributed by atoms with E-state index in [1.165, 1.54) is 0 Å². The fourth-order valence-electron chi connectivity index (χ4n) is 1.03. The van der Waals surface area contributed by atoms with Crippen LogP contribution < -0.4 is 5.32 Å². The largest absolute Gasteiger partial charge is 0.314 e. The van der Waals surface area contributed by atoms with Crippen LogP contribution in [0.2, 0.25) is 0 Å². The summed E-state index contributed by atoms with van der Waals surface area (Å²) in [5, 5.41) is 1.91. The summed E-state index contributed by atoms with van der Waals surface area (Å²) in [5.74, 6) is -0.476. The van der Waals surface area contributed by atoms with E-state index in [0.717, 1.165) is 0 Å². The van der Waals surface area contributed by atoms with E-state index in [1.54, 1.807) is 0 Å². The monoisotopic (exact) mass is 176 g/mol. The van der Waals surface area contributed by atoms with Crippen LogP contribution in [0.3, 0.4) is 0 Å². The summed E-state index contributed by atoms with van der Waals surface area (Å²) < 4.78 is 22.2. The highest BCUT2D eigenvalue weighted by atomic mass is 32.2. The SMILES string of the molecule is [CH2]C(=O)C1CNCCS1(=O)=O. The molecule has 1 saturated heterocycles. The van der Waals surface area contributed by atoms with E-state index >= 15 is 0 Å². The topological polar surface area (TPSA) is 63.2 Å². The minimum atomic E-state index is -3.20. The number of sulfone groups is 1. The van der Waals surface area contributed by atoms with Crippen LogP contribution in [0.5, 0.6) is 0 Å². The molecule has 0 aromatic rings. The number of nitrogens with one attached hydrogen (secondary N) is 1. The first-order valence-corrected chi connectivity index (χ1v) is 5.03. The molecule has 1 fully saturated rings. The average Bonchev–Trinajstić information content (AvgIpc) is 1.85. The Morgan fingerprint density at radius 3 is 2.55 bits per heavy atom. The number of hydrogen-bond donors (Lipinski definition) is 1. The Labute approximate surface area is 65.9 Å². The lowest BCUT2D eigenvalue weighted by molar-refractivity contribution is -0.114. The Morgan fingerprint density at radius 1 is 1.55 bits per heavy atom. The lowest BCUT2D eigenvalue weighted by atomic mass is 10.3. The van der Waals surface area contributed by atoms with Gasteiger partial charge in [0.1, 0.15) is 5.25 Å². The summed E-state index contributed by atoms with van der Waals surface area (Å²) in [6.45, 7) is 3.75. The van der Waals surface area contributed by atoms with E-state index in [0.29, 0.717) is 6.54 Å². The first-order valence-electron chi connectivity index (χ1n) is 3.32. The molecule has 4 nitrogen and oxygen atoms in total. The molecule has 1 aliphatic heterocycles. The van der Waals surface area contributed by atoms with Gasteiger partial charge in [0, 0.05) is 20.0 Å². The fraction of sp³-hybridized carbons (Fsp3) is 0.667. The van der Waals surface area contributed by atoms with Crippen LogP contribution in [-0.2, 0) is 14.6 Å². The molecule has 0 amide bonds. The minimum absolute atomic E-state index is 0.0406. The zero-order valence-electron chi connectivity index (χ0n) is 6.04. The van der Waals surface area contributed by atoms with Gasteiger partial charge in [-0.3, -0.25) is 4.79 Å². The van der Waals surface area contributed by atoms with E-state index < -0.39 is 20.9 Å². The zero-order valence-corrected chi connectivity index (χ0v) is 6.86. The third-order valence-corrected chi connectivity index (χ3v) is 3.76. The summed E-state index contributed by atoms with van der Waals surface area (Å²) in [7, 11) is -3.20. The van der Waals surface area contributed by atoms with Crippen LogP contribution >= 0.6 is 0 Å². The molecule has 1 rings (SSSR count). The van der Waals surface area contributed by atoms with Crippen LogP contribution in [-0.4, -0.2) is 38.3 Å². The number of Topliss-reactive ketones (excluding diaryl/α,β-unsaturated/α-hetero) is 1. The summed E-state index contributed by atoms with van der Waals surface area (Å²) in [4.78, 5) is 10.7. The molecule has 0 bridgehead atoms. The van der Waals surface area contributed by atoms with Crippen molar-refractivity contribution in [1.82, 2.24) is 5.32 Å². The maximum absolute atomic E-state index is 11.1. The van der Waals surface area contributed by atoms with E-state index in [4.69, 9.17) is 0 Å². The predicted octanol–water partition coefficient (Wildman–Crippen LogP) is -1.22. The fourth-order valence-corrected chi connectivity index (χ4v) is 2.52. The third kappa shape index (κ3) is 1.78. The first-order chi connectivity index (χ1) is 5.04. The summed E-state index contributed by atoms with van der Waals surface area (Å²) >= 11 is 0. The van der Waals surface area contributed by atoms with Gasteiger partial charge in [-0.15, -0.1) is 0 Å².